The molecule has 5 heterocycles. The number of nitrogens with zero attached hydrogens (tertiary/aromatic N) is 7. The Morgan fingerprint density at radius 2 is 1.48 bits per heavy atom. The van der Waals surface area contributed by atoms with Crippen LogP contribution in [0.5, 0.6) is 0 Å². The lowest BCUT2D eigenvalue weighted by Crippen LogP contribution is -2.55. The van der Waals surface area contributed by atoms with Gasteiger partial charge in [-0.1, -0.05) is 60.7 Å². The van der Waals surface area contributed by atoms with Gasteiger partial charge in [0.1, 0.15) is 16.9 Å². The number of carboxylic acids is 1. The van der Waals surface area contributed by atoms with Crippen LogP contribution in [0, 0.1) is 20.8 Å². The summed E-state index contributed by atoms with van der Waals surface area (Å²) in [6.45, 7) is 14.5. The first kappa shape index (κ1) is 40.5. The normalized spacial score (nSPS) is 21.1. The van der Waals surface area contributed by atoms with Gasteiger partial charge in [0.25, 0.3) is 0 Å². The zero-order chi connectivity index (χ0) is 42.7. The van der Waals surface area contributed by atoms with E-state index in [1.54, 1.807) is 17.4 Å². The second-order valence-electron chi connectivity index (χ2n) is 17.9. The van der Waals surface area contributed by atoms with Gasteiger partial charge in [0.15, 0.2) is 5.82 Å². The van der Waals surface area contributed by atoms with Crippen LogP contribution < -0.4 is 9.80 Å². The highest BCUT2D eigenvalue weighted by molar-refractivity contribution is 7.15. The molecule has 2 aromatic heterocycles. The number of fused-ring (bicyclic) bond motifs is 4. The van der Waals surface area contributed by atoms with Crippen molar-refractivity contribution in [2.45, 2.75) is 76.9 Å². The SMILES string of the molecule is Cc1sc2c(c1C)C(c1ccc(N3CCC(O)(CN4CCN(c5ccc([C@@H]6c7ccc(C(=O)O)cc7CC[C@@H]6c6ccccc6)cc5)CC4)CC3)cc1)=N[C@@H](C)c1nnc(C)n1-2. The largest absolute Gasteiger partial charge is 0.478 e. The van der Waals surface area contributed by atoms with Gasteiger partial charge in [-0.25, -0.2) is 4.79 Å². The van der Waals surface area contributed by atoms with Crippen molar-refractivity contribution in [2.24, 2.45) is 4.99 Å². The third kappa shape index (κ3) is 7.43. The zero-order valence-electron chi connectivity index (χ0n) is 36.1. The Balaban J connectivity index is 0.764. The molecule has 0 saturated carbocycles. The molecule has 0 spiro atoms. The summed E-state index contributed by atoms with van der Waals surface area (Å²) in [6, 6.07) is 34.3. The maximum Gasteiger partial charge on any atom is 0.335 e. The number of rotatable bonds is 8. The molecule has 2 fully saturated rings. The Morgan fingerprint density at radius 1 is 0.806 bits per heavy atom. The maximum absolute atomic E-state index is 11.9. The van der Waals surface area contributed by atoms with Gasteiger partial charge >= 0.3 is 5.97 Å². The molecule has 0 amide bonds. The van der Waals surface area contributed by atoms with Crippen molar-refractivity contribution in [3.05, 3.63) is 158 Å². The number of anilines is 2. The number of aliphatic hydroxyl groups is 1. The van der Waals surface area contributed by atoms with E-state index in [2.05, 4.69) is 129 Å². The number of aromatic carboxylic acids is 1. The molecule has 2 saturated heterocycles. The molecule has 1 aliphatic carbocycles. The number of carboxylic acid groups (broad SMARTS) is 1. The number of thiophene rings is 1. The molecule has 3 atom stereocenters. The van der Waals surface area contributed by atoms with Crippen molar-refractivity contribution in [1.82, 2.24) is 19.7 Å². The molecule has 4 aliphatic rings. The summed E-state index contributed by atoms with van der Waals surface area (Å²) in [5.74, 6) is 1.37. The van der Waals surface area contributed by atoms with Gasteiger partial charge in [0.05, 0.1) is 16.9 Å². The Kier molecular flexibility index (Phi) is 10.6. The number of hydrogen-bond donors (Lipinski definition) is 2. The number of aromatic nitrogens is 3. The molecule has 0 bridgehead atoms. The van der Waals surface area contributed by atoms with Gasteiger partial charge in [-0.05, 0) is 124 Å². The van der Waals surface area contributed by atoms with Gasteiger partial charge in [-0.3, -0.25) is 14.5 Å². The van der Waals surface area contributed by atoms with Crippen molar-refractivity contribution < 1.29 is 15.0 Å². The van der Waals surface area contributed by atoms with Crippen LogP contribution in [0.15, 0.2) is 102 Å². The monoisotopic (exact) mass is 845 g/mol. The van der Waals surface area contributed by atoms with Gasteiger partial charge in [0.2, 0.25) is 0 Å². The first-order valence-corrected chi connectivity index (χ1v) is 23.0. The van der Waals surface area contributed by atoms with Crippen molar-refractivity contribution in [2.75, 3.05) is 55.6 Å². The van der Waals surface area contributed by atoms with Crippen LogP contribution >= 0.6 is 11.3 Å². The molecule has 11 heteroatoms. The van der Waals surface area contributed by atoms with Gasteiger partial charge in [-0.15, -0.1) is 21.5 Å². The van der Waals surface area contributed by atoms with E-state index < -0.39 is 11.6 Å². The number of benzene rings is 4. The third-order valence-corrected chi connectivity index (χ3v) is 15.3. The molecule has 62 heavy (non-hydrogen) atoms. The number of β-amino-alcohol motifs (C(OH)–C–C–N with tert-alkyl or cyclic N) is 1. The first-order chi connectivity index (χ1) is 30.0. The van der Waals surface area contributed by atoms with Crippen LogP contribution in [-0.2, 0) is 6.42 Å². The smallest absolute Gasteiger partial charge is 0.335 e. The van der Waals surface area contributed by atoms with Gasteiger partial charge in [0, 0.05) is 79.1 Å². The summed E-state index contributed by atoms with van der Waals surface area (Å²) < 4.78 is 2.18. The minimum Gasteiger partial charge on any atom is -0.478 e. The highest BCUT2D eigenvalue weighted by Crippen LogP contribution is 2.47. The average Bonchev–Trinajstić information content (AvgIpc) is 3.78. The van der Waals surface area contributed by atoms with E-state index in [4.69, 9.17) is 4.99 Å². The molecular weight excluding hydrogens is 791 g/mol. The van der Waals surface area contributed by atoms with E-state index >= 15 is 0 Å². The number of piperidine rings is 1. The van der Waals surface area contributed by atoms with Crippen LogP contribution in [0.4, 0.5) is 11.4 Å². The quantitative estimate of drug-likeness (QED) is 0.157. The molecule has 6 aromatic rings. The fourth-order valence-electron chi connectivity index (χ4n) is 10.5. The third-order valence-electron chi connectivity index (χ3n) is 14.1. The van der Waals surface area contributed by atoms with E-state index in [9.17, 15) is 15.0 Å². The number of hydrogen-bond acceptors (Lipinski definition) is 9. The highest BCUT2D eigenvalue weighted by atomic mass is 32.1. The predicted molar refractivity (Wildman–Crippen MR) is 248 cm³/mol. The molecule has 4 aromatic carbocycles. The van der Waals surface area contributed by atoms with Crippen molar-refractivity contribution in [3.63, 3.8) is 0 Å². The van der Waals surface area contributed by atoms with E-state index in [-0.39, 0.29) is 12.0 Å². The molecular formula is C51H55N7O3S. The highest BCUT2D eigenvalue weighted by Gasteiger charge is 2.36. The van der Waals surface area contributed by atoms with Gasteiger partial charge in [-0.2, -0.15) is 0 Å². The Morgan fingerprint density at radius 3 is 2.18 bits per heavy atom. The summed E-state index contributed by atoms with van der Waals surface area (Å²) in [5, 5.41) is 31.6. The summed E-state index contributed by atoms with van der Waals surface area (Å²) in [6.07, 6.45) is 3.33. The topological polar surface area (TPSA) is 110 Å². The number of carbonyl (C=O) groups is 1. The first-order valence-electron chi connectivity index (χ1n) is 22.2. The second-order valence-corrected chi connectivity index (χ2v) is 19.1. The Bertz CT molecular complexity index is 2640. The molecule has 10 rings (SSSR count). The van der Waals surface area contributed by atoms with Crippen LogP contribution in [0.3, 0.4) is 0 Å². The zero-order valence-corrected chi connectivity index (χ0v) is 36.9. The van der Waals surface area contributed by atoms with Crippen LogP contribution in [0.1, 0.15) is 110 Å². The molecule has 318 valence electrons. The van der Waals surface area contributed by atoms with E-state index in [1.807, 2.05) is 19.1 Å². The molecule has 0 radical (unpaired) electrons. The summed E-state index contributed by atoms with van der Waals surface area (Å²) in [4.78, 5) is 25.6. The molecule has 10 nitrogen and oxygen atoms in total. The van der Waals surface area contributed by atoms with Crippen molar-refractivity contribution in [3.8, 4) is 5.00 Å². The fraction of sp³-hybridized carbons (Fsp3) is 0.373. The number of aliphatic imine (C=N–C) groups is 1. The average molecular weight is 846 g/mol. The summed E-state index contributed by atoms with van der Waals surface area (Å²) in [5.41, 5.74) is 11.6. The summed E-state index contributed by atoms with van der Waals surface area (Å²) >= 11 is 1.78. The molecule has 3 aliphatic heterocycles. The summed E-state index contributed by atoms with van der Waals surface area (Å²) in [7, 11) is 0. The van der Waals surface area contributed by atoms with Crippen LogP contribution in [-0.4, -0.2) is 93.0 Å². The van der Waals surface area contributed by atoms with Gasteiger partial charge < -0.3 is 20.0 Å². The predicted octanol–water partition coefficient (Wildman–Crippen LogP) is 8.88. The maximum atomic E-state index is 11.9. The van der Waals surface area contributed by atoms with Crippen molar-refractivity contribution >= 4 is 34.4 Å². The Hall–Kier alpha value is -5.62. The minimum absolute atomic E-state index is 0.113. The molecule has 0 unspecified atom stereocenters. The Labute approximate surface area is 368 Å². The van der Waals surface area contributed by atoms with Crippen molar-refractivity contribution in [1.29, 1.82) is 0 Å². The molecule has 2 N–H and O–H groups in total. The van der Waals surface area contributed by atoms with Crippen LogP contribution in [0.2, 0.25) is 0 Å². The lowest BCUT2D eigenvalue weighted by atomic mass is 9.69. The number of piperazine rings is 1. The minimum atomic E-state index is -0.876. The van der Waals surface area contributed by atoms with Crippen LogP contribution in [0.25, 0.3) is 5.00 Å². The lowest BCUT2D eigenvalue weighted by Gasteiger charge is -2.44. The lowest BCUT2D eigenvalue weighted by molar-refractivity contribution is -0.0173. The van der Waals surface area contributed by atoms with E-state index in [0.717, 1.165) is 98.4 Å². The number of aryl methyl sites for hydroxylation is 3. The second kappa shape index (κ2) is 16.3. The van der Waals surface area contributed by atoms with E-state index in [0.29, 0.717) is 18.0 Å². The standard InChI is InChI=1S/C51H55N7O3S/c1-32-34(3)62-49-45(32)47(52-33(2)48-54-53-35(4)58(48)49)38-12-18-41(19-13-38)56-24-22-51(61,23-25-56)31-55-26-28-57(29-27-55)42-16-10-37(11-17-42)46-43(36-8-6-5-7-9-36)20-14-39-30-40(50(59)60)15-21-44(39)46/h5-13,15-19,21,30,33,43,46,61H,14,20,22-29,31H2,1-4H3,(H,59,60)/t33-,43+,46-/m0/s1. The fourth-order valence-corrected chi connectivity index (χ4v) is 11.8. The van der Waals surface area contributed by atoms with E-state index in [1.165, 1.54) is 44.1 Å².